The van der Waals surface area contributed by atoms with Crippen molar-refractivity contribution in [2.45, 2.75) is 0 Å². The Hall–Kier alpha value is -3.06. The molecule has 0 unspecified atom stereocenters. The van der Waals surface area contributed by atoms with Gasteiger partial charge in [0, 0.05) is 11.1 Å². The first-order valence-electron chi connectivity index (χ1n) is 6.81. The van der Waals surface area contributed by atoms with Gasteiger partial charge in [0.15, 0.2) is 5.69 Å². The molecule has 0 bridgehead atoms. The molecule has 0 saturated heterocycles. The average Bonchev–Trinajstić information content (AvgIpc) is 3.00. The highest BCUT2D eigenvalue weighted by Gasteiger charge is 2.35. The highest BCUT2D eigenvalue weighted by molar-refractivity contribution is 6.31. The van der Waals surface area contributed by atoms with Gasteiger partial charge in [-0.15, -0.1) is 5.10 Å². The number of benzene rings is 2. The second kappa shape index (κ2) is 4.97. The quantitative estimate of drug-likeness (QED) is 0.574. The summed E-state index contributed by atoms with van der Waals surface area (Å²) in [6.45, 7) is 0. The van der Waals surface area contributed by atoms with E-state index in [-0.39, 0.29) is 33.3 Å². The van der Waals surface area contributed by atoms with Gasteiger partial charge in [-0.25, -0.2) is 9.07 Å². The van der Waals surface area contributed by atoms with Crippen molar-refractivity contribution < 1.29 is 19.1 Å². The van der Waals surface area contributed by atoms with E-state index in [0.717, 1.165) is 10.7 Å². The maximum absolute atomic E-state index is 13.3. The lowest BCUT2D eigenvalue weighted by atomic mass is 9.90. The summed E-state index contributed by atoms with van der Waals surface area (Å²) in [5.74, 6) is -1.73. The van der Waals surface area contributed by atoms with Crippen LogP contribution in [0.15, 0.2) is 36.4 Å². The molecule has 118 valence electrons. The minimum Gasteiger partial charge on any atom is -0.508 e. The van der Waals surface area contributed by atoms with Crippen LogP contribution in [0.5, 0.6) is 5.75 Å². The molecule has 1 N–H and O–H groups in total. The topological polar surface area (TPSA) is 85.1 Å². The summed E-state index contributed by atoms with van der Waals surface area (Å²) < 4.78 is 14.5. The van der Waals surface area contributed by atoms with E-state index in [1.165, 1.54) is 30.3 Å². The van der Waals surface area contributed by atoms with Crippen molar-refractivity contribution in [1.82, 2.24) is 15.0 Å². The molecule has 3 aromatic rings. The summed E-state index contributed by atoms with van der Waals surface area (Å²) in [7, 11) is 0. The third-order valence-electron chi connectivity index (χ3n) is 3.74. The van der Waals surface area contributed by atoms with E-state index < -0.39 is 17.4 Å². The lowest BCUT2D eigenvalue weighted by Crippen LogP contribution is -2.23. The molecule has 1 aliphatic carbocycles. The minimum absolute atomic E-state index is 0.0270. The van der Waals surface area contributed by atoms with Crippen LogP contribution in [0.3, 0.4) is 0 Å². The monoisotopic (exact) mass is 343 g/mol. The van der Waals surface area contributed by atoms with Crippen LogP contribution in [-0.4, -0.2) is 31.7 Å². The number of hydrogen-bond acceptors (Lipinski definition) is 5. The predicted molar refractivity (Wildman–Crippen MR) is 81.3 cm³/mol. The summed E-state index contributed by atoms with van der Waals surface area (Å²) in [6.07, 6.45) is 0. The Morgan fingerprint density at radius 1 is 1.04 bits per heavy atom. The van der Waals surface area contributed by atoms with Crippen LogP contribution in [0.1, 0.15) is 32.1 Å². The molecule has 1 aromatic heterocycles. The second-order valence-corrected chi connectivity index (χ2v) is 5.59. The number of hydrogen-bond donors (Lipinski definition) is 1. The maximum atomic E-state index is 13.3. The van der Waals surface area contributed by atoms with E-state index in [1.54, 1.807) is 0 Å². The molecule has 0 fully saturated rings. The Balaban J connectivity index is 1.93. The molecule has 2 aromatic carbocycles. The molecule has 4 rings (SSSR count). The highest BCUT2D eigenvalue weighted by atomic mass is 35.5. The Morgan fingerprint density at radius 3 is 2.58 bits per heavy atom. The molecule has 24 heavy (non-hydrogen) atoms. The number of carbonyl (C=O) groups is 2. The minimum atomic E-state index is -0.613. The van der Waals surface area contributed by atoms with Gasteiger partial charge in [-0.3, -0.25) is 9.59 Å². The van der Waals surface area contributed by atoms with Crippen molar-refractivity contribution in [2.75, 3.05) is 0 Å². The SMILES string of the molecule is O=C1c2cc(O)ccc2C(=O)c2c1nnn2-c1ccc(F)c(Cl)c1. The molecule has 8 heteroatoms. The van der Waals surface area contributed by atoms with Crippen molar-refractivity contribution in [1.29, 1.82) is 0 Å². The summed E-state index contributed by atoms with van der Waals surface area (Å²) in [5, 5.41) is 17.0. The first kappa shape index (κ1) is 14.5. The van der Waals surface area contributed by atoms with Crippen molar-refractivity contribution in [3.05, 3.63) is 69.8 Å². The van der Waals surface area contributed by atoms with Crippen LogP contribution < -0.4 is 0 Å². The van der Waals surface area contributed by atoms with Gasteiger partial charge >= 0.3 is 0 Å². The van der Waals surface area contributed by atoms with Crippen molar-refractivity contribution in [3.8, 4) is 11.4 Å². The van der Waals surface area contributed by atoms with E-state index in [4.69, 9.17) is 11.6 Å². The number of ketones is 2. The molecule has 0 amide bonds. The summed E-state index contributed by atoms with van der Waals surface area (Å²) in [6, 6.07) is 7.69. The van der Waals surface area contributed by atoms with Crippen LogP contribution in [0.25, 0.3) is 5.69 Å². The lowest BCUT2D eigenvalue weighted by Gasteiger charge is -2.14. The van der Waals surface area contributed by atoms with Crippen LogP contribution in [0.4, 0.5) is 4.39 Å². The molecule has 1 heterocycles. The van der Waals surface area contributed by atoms with Gasteiger partial charge in [0.25, 0.3) is 0 Å². The third kappa shape index (κ3) is 1.95. The normalized spacial score (nSPS) is 12.9. The van der Waals surface area contributed by atoms with E-state index in [9.17, 15) is 19.1 Å². The number of nitrogens with zero attached hydrogens (tertiary/aromatic N) is 3. The molecule has 1 aliphatic rings. The zero-order chi connectivity index (χ0) is 17.0. The first-order valence-corrected chi connectivity index (χ1v) is 7.18. The van der Waals surface area contributed by atoms with Crippen molar-refractivity contribution in [2.24, 2.45) is 0 Å². The summed E-state index contributed by atoms with van der Waals surface area (Å²) in [5.41, 5.74) is 0.358. The molecule has 0 atom stereocenters. The van der Waals surface area contributed by atoms with Gasteiger partial charge in [-0.2, -0.15) is 0 Å². The molecule has 0 saturated carbocycles. The van der Waals surface area contributed by atoms with E-state index in [0.29, 0.717) is 5.69 Å². The lowest BCUT2D eigenvalue weighted by molar-refractivity contribution is 0.0972. The molecule has 6 nitrogen and oxygen atoms in total. The fraction of sp³-hybridized carbons (Fsp3) is 0. The van der Waals surface area contributed by atoms with Gasteiger partial charge in [0.1, 0.15) is 17.3 Å². The summed E-state index contributed by atoms with van der Waals surface area (Å²) >= 11 is 5.76. The molecule has 0 spiro atoms. The van der Waals surface area contributed by atoms with Crippen LogP contribution in [0, 0.1) is 5.82 Å². The van der Waals surface area contributed by atoms with E-state index >= 15 is 0 Å². The predicted octanol–water partition coefficient (Wildman–Crippen LogP) is 2.54. The number of fused-ring (bicyclic) bond motifs is 2. The Bertz CT molecular complexity index is 1050. The van der Waals surface area contributed by atoms with Crippen LogP contribution in [0.2, 0.25) is 5.02 Å². The number of aromatic hydroxyl groups is 1. The van der Waals surface area contributed by atoms with Crippen molar-refractivity contribution in [3.63, 3.8) is 0 Å². The second-order valence-electron chi connectivity index (χ2n) is 5.19. The van der Waals surface area contributed by atoms with Crippen LogP contribution in [-0.2, 0) is 0 Å². The van der Waals surface area contributed by atoms with E-state index in [1.807, 2.05) is 0 Å². The maximum Gasteiger partial charge on any atom is 0.216 e. The molecule has 0 aliphatic heterocycles. The fourth-order valence-electron chi connectivity index (χ4n) is 2.61. The Labute approximate surface area is 139 Å². The van der Waals surface area contributed by atoms with Crippen LogP contribution >= 0.6 is 11.6 Å². The van der Waals surface area contributed by atoms with E-state index in [2.05, 4.69) is 10.3 Å². The number of phenolic OH excluding ortho intramolecular Hbond substituents is 1. The zero-order valence-corrected chi connectivity index (χ0v) is 12.6. The number of phenols is 1. The molecular formula is C16H7ClFN3O3. The summed E-state index contributed by atoms with van der Waals surface area (Å²) in [4.78, 5) is 25.2. The van der Waals surface area contributed by atoms with Gasteiger partial charge in [0.2, 0.25) is 11.6 Å². The largest absolute Gasteiger partial charge is 0.508 e. The Morgan fingerprint density at radius 2 is 1.83 bits per heavy atom. The Kier molecular flexibility index (Phi) is 3.01. The highest BCUT2D eigenvalue weighted by Crippen LogP contribution is 2.30. The number of aromatic nitrogens is 3. The number of carbonyl (C=O) groups excluding carboxylic acids is 2. The number of rotatable bonds is 1. The smallest absolute Gasteiger partial charge is 0.216 e. The standard InChI is InChI=1S/C16H7ClFN3O3/c17-11-5-7(1-4-12(11)18)21-14-13(19-20-21)15(23)10-6-8(22)2-3-9(10)16(14)24/h1-6,22H. The zero-order valence-electron chi connectivity index (χ0n) is 11.8. The average molecular weight is 344 g/mol. The molecule has 0 radical (unpaired) electrons. The number of halogens is 2. The van der Waals surface area contributed by atoms with Gasteiger partial charge in [-0.05, 0) is 36.4 Å². The van der Waals surface area contributed by atoms with Crippen molar-refractivity contribution >= 4 is 23.2 Å². The fourth-order valence-corrected chi connectivity index (χ4v) is 2.78. The first-order chi connectivity index (χ1) is 11.5. The van der Waals surface area contributed by atoms with Gasteiger partial charge in [0.05, 0.1) is 10.7 Å². The molecular weight excluding hydrogens is 337 g/mol. The van der Waals surface area contributed by atoms with Gasteiger partial charge in [-0.1, -0.05) is 16.8 Å². The van der Waals surface area contributed by atoms with Gasteiger partial charge < -0.3 is 5.11 Å². The third-order valence-corrected chi connectivity index (χ3v) is 4.03.